The van der Waals surface area contributed by atoms with Gasteiger partial charge in [0.05, 0.1) is 5.94 Å². The van der Waals surface area contributed by atoms with Crippen molar-refractivity contribution >= 4 is 19.1 Å². The first-order valence-electron chi connectivity index (χ1n) is 10.2. The number of hydrogen-bond acceptors (Lipinski definition) is 5. The quantitative estimate of drug-likeness (QED) is 0.288. The summed E-state index contributed by atoms with van der Waals surface area (Å²) in [6, 6.07) is 10.4. The Morgan fingerprint density at radius 2 is 2.03 bits per heavy atom. The van der Waals surface area contributed by atoms with Gasteiger partial charge in [0.2, 0.25) is 0 Å². The number of rotatable bonds is 8. The molecular formula is C21H29BN4O4. The molecule has 0 bridgehead atoms. The molecule has 1 aliphatic rings. The van der Waals surface area contributed by atoms with Crippen molar-refractivity contribution in [3.05, 3.63) is 47.5 Å². The van der Waals surface area contributed by atoms with Crippen LogP contribution in [0.5, 0.6) is 0 Å². The number of carbonyl (C=O) groups is 2. The SMILES string of the molecule is CC(C)/C=C(\C#N)C(=O)N1CCC[C@H]1CNC(=O)N[C@@H](Cc1ccccc1)B(O)O. The molecule has 4 N–H and O–H groups in total. The molecule has 1 aromatic carbocycles. The number of likely N-dealkylation sites (tertiary alicyclic amines) is 1. The van der Waals surface area contributed by atoms with Gasteiger partial charge in [-0.3, -0.25) is 4.79 Å². The number of urea groups is 1. The maximum Gasteiger partial charge on any atom is 0.475 e. The summed E-state index contributed by atoms with van der Waals surface area (Å²) in [6.45, 7) is 4.56. The molecule has 30 heavy (non-hydrogen) atoms. The van der Waals surface area contributed by atoms with Gasteiger partial charge in [0, 0.05) is 19.1 Å². The minimum Gasteiger partial charge on any atom is -0.426 e. The van der Waals surface area contributed by atoms with E-state index in [1.807, 2.05) is 50.2 Å². The van der Waals surface area contributed by atoms with E-state index in [4.69, 9.17) is 0 Å². The van der Waals surface area contributed by atoms with E-state index in [0.717, 1.165) is 18.4 Å². The van der Waals surface area contributed by atoms with Gasteiger partial charge in [-0.1, -0.05) is 50.3 Å². The zero-order valence-corrected chi connectivity index (χ0v) is 17.4. The van der Waals surface area contributed by atoms with E-state index in [-0.39, 0.29) is 36.4 Å². The highest BCUT2D eigenvalue weighted by Gasteiger charge is 2.31. The third kappa shape index (κ3) is 6.90. The highest BCUT2D eigenvalue weighted by Crippen LogP contribution is 2.19. The minimum absolute atomic E-state index is 0.0833. The van der Waals surface area contributed by atoms with Gasteiger partial charge in [0.1, 0.15) is 11.6 Å². The Labute approximate surface area is 177 Å². The molecule has 0 saturated carbocycles. The summed E-state index contributed by atoms with van der Waals surface area (Å²) in [6.07, 6.45) is 3.44. The van der Waals surface area contributed by atoms with E-state index in [1.54, 1.807) is 11.0 Å². The standard InChI is InChI=1S/C21H29BN4O4/c1-15(2)11-17(13-23)20(27)26-10-6-9-18(26)14-24-21(28)25-19(22(29)30)12-16-7-4-3-5-8-16/h3-5,7-8,11,15,18-19,29-30H,6,9-10,12,14H2,1-2H3,(H2,24,25,28)/b17-11+/t18-,19-/m0/s1. The molecule has 0 unspecified atom stereocenters. The lowest BCUT2D eigenvalue weighted by atomic mass is 9.76. The highest BCUT2D eigenvalue weighted by atomic mass is 16.4. The van der Waals surface area contributed by atoms with Crippen molar-refractivity contribution < 1.29 is 19.6 Å². The van der Waals surface area contributed by atoms with Crippen LogP contribution in [-0.4, -0.2) is 59.1 Å². The predicted molar refractivity (Wildman–Crippen MR) is 114 cm³/mol. The summed E-state index contributed by atoms with van der Waals surface area (Å²) in [5.41, 5.74) is 0.983. The second-order valence-corrected chi connectivity index (χ2v) is 7.79. The molecular weight excluding hydrogens is 383 g/mol. The lowest BCUT2D eigenvalue weighted by Gasteiger charge is -2.25. The molecule has 1 aliphatic heterocycles. The lowest BCUT2D eigenvalue weighted by Crippen LogP contribution is -2.53. The van der Waals surface area contributed by atoms with Gasteiger partial charge in [-0.25, -0.2) is 4.79 Å². The van der Waals surface area contributed by atoms with Crippen molar-refractivity contribution in [2.45, 2.75) is 45.1 Å². The Bertz CT molecular complexity index is 792. The second kappa shape index (κ2) is 11.4. The normalized spacial score (nSPS) is 17.4. The van der Waals surface area contributed by atoms with E-state index in [9.17, 15) is 24.9 Å². The molecule has 8 nitrogen and oxygen atoms in total. The molecule has 2 rings (SSSR count). The van der Waals surface area contributed by atoms with Crippen LogP contribution in [0, 0.1) is 17.2 Å². The van der Waals surface area contributed by atoms with Crippen LogP contribution in [0.15, 0.2) is 42.0 Å². The molecule has 1 heterocycles. The van der Waals surface area contributed by atoms with Gasteiger partial charge in [0.25, 0.3) is 5.91 Å². The molecule has 0 aromatic heterocycles. The van der Waals surface area contributed by atoms with Gasteiger partial charge in [-0.05, 0) is 30.7 Å². The van der Waals surface area contributed by atoms with E-state index in [1.165, 1.54) is 0 Å². The first-order valence-corrected chi connectivity index (χ1v) is 10.2. The fourth-order valence-electron chi connectivity index (χ4n) is 3.49. The van der Waals surface area contributed by atoms with Gasteiger partial charge < -0.3 is 25.6 Å². The number of hydrogen-bond donors (Lipinski definition) is 4. The molecule has 0 aliphatic carbocycles. The first-order chi connectivity index (χ1) is 14.3. The molecule has 1 aromatic rings. The van der Waals surface area contributed by atoms with Gasteiger partial charge in [0.15, 0.2) is 0 Å². The average Bonchev–Trinajstić information content (AvgIpc) is 3.18. The maximum absolute atomic E-state index is 12.7. The smallest absolute Gasteiger partial charge is 0.426 e. The molecule has 3 amide bonds. The number of allylic oxidation sites excluding steroid dienone is 1. The highest BCUT2D eigenvalue weighted by molar-refractivity contribution is 6.43. The van der Waals surface area contributed by atoms with Crippen molar-refractivity contribution in [3.63, 3.8) is 0 Å². The molecule has 1 saturated heterocycles. The lowest BCUT2D eigenvalue weighted by molar-refractivity contribution is -0.127. The Morgan fingerprint density at radius 3 is 2.63 bits per heavy atom. The van der Waals surface area contributed by atoms with Crippen LogP contribution in [-0.2, 0) is 11.2 Å². The summed E-state index contributed by atoms with van der Waals surface area (Å²) in [7, 11) is -1.71. The number of amides is 3. The third-order valence-corrected chi connectivity index (χ3v) is 4.96. The largest absolute Gasteiger partial charge is 0.475 e. The molecule has 0 radical (unpaired) electrons. The maximum atomic E-state index is 12.7. The van der Waals surface area contributed by atoms with Gasteiger partial charge in [-0.2, -0.15) is 5.26 Å². The molecule has 160 valence electrons. The van der Waals surface area contributed by atoms with Crippen molar-refractivity contribution in [2.75, 3.05) is 13.1 Å². The Balaban J connectivity index is 1.92. The minimum atomic E-state index is -1.71. The van der Waals surface area contributed by atoms with E-state index in [0.29, 0.717) is 6.54 Å². The topological polar surface area (TPSA) is 126 Å². The number of nitriles is 1. The first kappa shape index (κ1) is 23.5. The molecule has 9 heteroatoms. The van der Waals surface area contributed by atoms with E-state index < -0.39 is 19.1 Å². The van der Waals surface area contributed by atoms with Crippen LogP contribution in [0.1, 0.15) is 32.3 Å². The Morgan fingerprint density at radius 1 is 1.33 bits per heavy atom. The van der Waals surface area contributed by atoms with Crippen LogP contribution in [0.4, 0.5) is 4.79 Å². The van der Waals surface area contributed by atoms with Crippen molar-refractivity contribution in [1.82, 2.24) is 15.5 Å². The Kier molecular flexibility index (Phi) is 8.90. The van der Waals surface area contributed by atoms with Crippen molar-refractivity contribution in [3.8, 4) is 6.07 Å². The van der Waals surface area contributed by atoms with E-state index >= 15 is 0 Å². The molecule has 0 spiro atoms. The number of carbonyl (C=O) groups excluding carboxylic acids is 2. The second-order valence-electron chi connectivity index (χ2n) is 7.79. The summed E-state index contributed by atoms with van der Waals surface area (Å²) >= 11 is 0. The fourth-order valence-corrected chi connectivity index (χ4v) is 3.49. The Hall–Kier alpha value is -2.83. The molecule has 2 atom stereocenters. The zero-order valence-electron chi connectivity index (χ0n) is 17.4. The summed E-state index contributed by atoms with van der Waals surface area (Å²) in [5.74, 6) is -1.10. The monoisotopic (exact) mass is 412 g/mol. The van der Waals surface area contributed by atoms with Crippen molar-refractivity contribution in [2.24, 2.45) is 5.92 Å². The zero-order chi connectivity index (χ0) is 22.1. The van der Waals surface area contributed by atoms with Crippen LogP contribution in [0.3, 0.4) is 0 Å². The van der Waals surface area contributed by atoms with Gasteiger partial charge >= 0.3 is 13.1 Å². The van der Waals surface area contributed by atoms with Crippen LogP contribution >= 0.6 is 0 Å². The van der Waals surface area contributed by atoms with Gasteiger partial charge in [-0.15, -0.1) is 0 Å². The predicted octanol–water partition coefficient (Wildman–Crippen LogP) is 1.01. The van der Waals surface area contributed by atoms with E-state index in [2.05, 4.69) is 10.6 Å². The number of benzene rings is 1. The van der Waals surface area contributed by atoms with Crippen molar-refractivity contribution in [1.29, 1.82) is 5.26 Å². The summed E-state index contributed by atoms with van der Waals surface area (Å²) in [4.78, 5) is 26.6. The summed E-state index contributed by atoms with van der Waals surface area (Å²) < 4.78 is 0. The number of nitrogens with zero attached hydrogens (tertiary/aromatic N) is 2. The molecule has 1 fully saturated rings. The fraction of sp³-hybridized carbons (Fsp3) is 0.476. The van der Waals surface area contributed by atoms with Crippen LogP contribution < -0.4 is 10.6 Å². The van der Waals surface area contributed by atoms with Crippen LogP contribution in [0.25, 0.3) is 0 Å². The number of nitrogens with one attached hydrogen (secondary N) is 2. The summed E-state index contributed by atoms with van der Waals surface area (Å²) in [5, 5.41) is 33.8. The van der Waals surface area contributed by atoms with Crippen LogP contribution in [0.2, 0.25) is 0 Å². The average molecular weight is 412 g/mol. The third-order valence-electron chi connectivity index (χ3n) is 4.96.